The van der Waals surface area contributed by atoms with Gasteiger partial charge in [0.15, 0.2) is 11.9 Å². The van der Waals surface area contributed by atoms with E-state index < -0.39 is 36.9 Å². The molecular weight excluding hydrogens is 973 g/mol. The highest BCUT2D eigenvalue weighted by molar-refractivity contribution is 5.91. The molecular formula is C65H110O12. The Morgan fingerprint density at radius 1 is 0.558 bits per heavy atom. The molecule has 4 aliphatic rings. The van der Waals surface area contributed by atoms with Gasteiger partial charge >= 0.3 is 30.0 Å². The molecule has 3 saturated carbocycles. The van der Waals surface area contributed by atoms with Crippen molar-refractivity contribution in [2.45, 2.75) is 304 Å². The van der Waals surface area contributed by atoms with Crippen LogP contribution in [0, 0.1) is 40.4 Å². The number of hydrogen-bond donors (Lipinski definition) is 0. The first-order valence-electron chi connectivity index (χ1n) is 31.9. The Labute approximate surface area is 467 Å². The van der Waals surface area contributed by atoms with E-state index in [-0.39, 0.29) is 73.0 Å². The van der Waals surface area contributed by atoms with Crippen molar-refractivity contribution in [3.05, 3.63) is 11.6 Å². The minimum absolute atomic E-state index is 0.0633. The van der Waals surface area contributed by atoms with Crippen molar-refractivity contribution in [1.29, 1.82) is 0 Å². The highest BCUT2D eigenvalue weighted by Gasteiger charge is 2.60. The first kappa shape index (κ1) is 66.1. The Morgan fingerprint density at radius 2 is 1.06 bits per heavy atom. The number of fused-ring (bicyclic) bond motifs is 5. The SMILES string of the molecule is CCCCCCCCCCCCCCCC(=O)OCC(COC(=O)CCCCCCCCCCCCCCC)OC(=O)CC(C)CCC(C)C(=O)OCOC(=O)O[C@H]1CC[C@H]2[C@@H]3CCC4=CC(=O)CC[C@]4(C)[C@H]3CC[C@]12C. The Hall–Kier alpha value is -3.44. The van der Waals surface area contributed by atoms with Crippen molar-refractivity contribution >= 4 is 35.8 Å². The fraction of sp³-hybridized carbons (Fsp3) is 0.877. The number of carbonyl (C=O) groups excluding carboxylic acids is 6. The number of carbonyl (C=O) groups is 6. The van der Waals surface area contributed by atoms with Crippen LogP contribution in [0.2, 0.25) is 0 Å². The molecule has 12 heteroatoms. The van der Waals surface area contributed by atoms with E-state index in [0.717, 1.165) is 83.5 Å². The van der Waals surface area contributed by atoms with Crippen molar-refractivity contribution in [2.24, 2.45) is 40.4 Å². The van der Waals surface area contributed by atoms with Gasteiger partial charge in [0.2, 0.25) is 6.79 Å². The molecule has 3 fully saturated rings. The summed E-state index contributed by atoms with van der Waals surface area (Å²) >= 11 is 0. The van der Waals surface area contributed by atoms with Crippen molar-refractivity contribution in [3.63, 3.8) is 0 Å². The summed E-state index contributed by atoms with van der Waals surface area (Å²) in [5.41, 5.74) is 1.28. The van der Waals surface area contributed by atoms with Crippen LogP contribution >= 0.6 is 0 Å². The highest BCUT2D eigenvalue weighted by atomic mass is 16.8. The third-order valence-corrected chi connectivity index (χ3v) is 18.6. The smallest absolute Gasteiger partial charge is 0.462 e. The normalized spacial score (nSPS) is 23.5. The van der Waals surface area contributed by atoms with Gasteiger partial charge in [-0.05, 0) is 106 Å². The van der Waals surface area contributed by atoms with Gasteiger partial charge in [-0.2, -0.15) is 0 Å². The van der Waals surface area contributed by atoms with E-state index in [1.54, 1.807) is 6.92 Å². The van der Waals surface area contributed by atoms with Crippen LogP contribution in [-0.2, 0) is 52.4 Å². The number of ether oxygens (including phenoxy) is 6. The van der Waals surface area contributed by atoms with Gasteiger partial charge in [-0.25, -0.2) is 4.79 Å². The second-order valence-electron chi connectivity index (χ2n) is 24.9. The van der Waals surface area contributed by atoms with Crippen LogP contribution in [0.3, 0.4) is 0 Å². The number of esters is 4. The van der Waals surface area contributed by atoms with Gasteiger partial charge in [0.25, 0.3) is 0 Å². The molecule has 2 unspecified atom stereocenters. The first-order valence-corrected chi connectivity index (χ1v) is 31.9. The molecule has 0 aromatic carbocycles. The molecule has 4 aliphatic carbocycles. The quantitative estimate of drug-likeness (QED) is 0.0247. The third-order valence-electron chi connectivity index (χ3n) is 18.6. The van der Waals surface area contributed by atoms with Gasteiger partial charge in [-0.3, -0.25) is 24.0 Å². The number of allylic oxidation sites excluding steroid dienone is 1. The summed E-state index contributed by atoms with van der Waals surface area (Å²) in [4.78, 5) is 76.9. The molecule has 0 heterocycles. The van der Waals surface area contributed by atoms with Gasteiger partial charge in [-0.15, -0.1) is 0 Å². The molecule has 0 aromatic rings. The average molecular weight is 1080 g/mol. The van der Waals surface area contributed by atoms with Crippen LogP contribution in [0.25, 0.3) is 0 Å². The summed E-state index contributed by atoms with van der Waals surface area (Å²) < 4.78 is 33.5. The van der Waals surface area contributed by atoms with E-state index in [1.165, 1.54) is 134 Å². The summed E-state index contributed by atoms with van der Waals surface area (Å²) in [6, 6.07) is 0. The fourth-order valence-electron chi connectivity index (χ4n) is 13.6. The molecule has 0 radical (unpaired) electrons. The number of ketones is 1. The fourth-order valence-corrected chi connectivity index (χ4v) is 13.6. The lowest BCUT2D eigenvalue weighted by molar-refractivity contribution is -0.167. The summed E-state index contributed by atoms with van der Waals surface area (Å²) in [6.45, 7) is 11.9. The zero-order valence-corrected chi connectivity index (χ0v) is 49.7. The van der Waals surface area contributed by atoms with Gasteiger partial charge in [0, 0.05) is 31.1 Å². The van der Waals surface area contributed by atoms with Crippen LogP contribution in [0.15, 0.2) is 11.6 Å². The lowest BCUT2D eigenvalue weighted by Crippen LogP contribution is -2.51. The summed E-state index contributed by atoms with van der Waals surface area (Å²) in [5, 5.41) is 0. The molecule has 77 heavy (non-hydrogen) atoms. The molecule has 4 rings (SSSR count). The maximum atomic E-state index is 13.2. The van der Waals surface area contributed by atoms with Crippen molar-refractivity contribution in [2.75, 3.05) is 20.0 Å². The molecule has 0 bridgehead atoms. The standard InChI is InChI=1S/C65H110O12/c1-7-9-11-13-15-17-19-21-23-25-27-29-31-33-59(67)72-47-54(48-73-60(68)34-32-30-28-26-24-22-20-18-16-14-12-10-8-2)76-61(69)45-50(3)35-36-51(4)62(70)74-49-75-63(71)77-58-40-39-56-55-38-37-52-46-53(66)41-43-64(52,5)57(55)42-44-65(56,58)6/h46,50-51,54-58H,7-45,47-49H2,1-6H3/t50?,51?,55-,56-,57-,58-,64-,65-/m0/s1. The molecule has 0 N–H and O–H groups in total. The Balaban J connectivity index is 1.11. The van der Waals surface area contributed by atoms with Crippen LogP contribution in [0.1, 0.15) is 292 Å². The Morgan fingerprint density at radius 3 is 1.58 bits per heavy atom. The van der Waals surface area contributed by atoms with Gasteiger partial charge < -0.3 is 28.4 Å². The lowest BCUT2D eigenvalue weighted by atomic mass is 9.47. The molecule has 0 saturated heterocycles. The lowest BCUT2D eigenvalue weighted by Gasteiger charge is -2.57. The topological polar surface area (TPSA) is 158 Å². The third kappa shape index (κ3) is 24.4. The number of hydrogen-bond acceptors (Lipinski definition) is 12. The maximum Gasteiger partial charge on any atom is 0.511 e. The van der Waals surface area contributed by atoms with Gasteiger partial charge in [-0.1, -0.05) is 201 Å². The molecule has 0 amide bonds. The minimum Gasteiger partial charge on any atom is -0.462 e. The zero-order chi connectivity index (χ0) is 55.7. The largest absolute Gasteiger partial charge is 0.511 e. The van der Waals surface area contributed by atoms with Crippen molar-refractivity contribution in [1.82, 2.24) is 0 Å². The van der Waals surface area contributed by atoms with Crippen LogP contribution in [-0.4, -0.2) is 68.0 Å². The average Bonchev–Trinajstić information content (AvgIpc) is 3.74. The van der Waals surface area contributed by atoms with E-state index in [1.807, 2.05) is 13.0 Å². The Kier molecular flexibility index (Phi) is 32.2. The second kappa shape index (κ2) is 37.5. The van der Waals surface area contributed by atoms with Crippen molar-refractivity contribution in [3.8, 4) is 0 Å². The van der Waals surface area contributed by atoms with E-state index in [2.05, 4.69) is 27.7 Å². The second-order valence-corrected chi connectivity index (χ2v) is 24.9. The predicted octanol–water partition coefficient (Wildman–Crippen LogP) is 16.9. The van der Waals surface area contributed by atoms with Crippen molar-refractivity contribution < 1.29 is 57.2 Å². The summed E-state index contributed by atoms with van der Waals surface area (Å²) in [5.74, 6) is -0.574. The Bertz CT molecular complexity index is 1710. The predicted molar refractivity (Wildman–Crippen MR) is 304 cm³/mol. The van der Waals surface area contributed by atoms with Crippen LogP contribution in [0.5, 0.6) is 0 Å². The maximum absolute atomic E-state index is 13.2. The number of rotatable bonds is 42. The zero-order valence-electron chi connectivity index (χ0n) is 49.7. The molecule has 12 nitrogen and oxygen atoms in total. The van der Waals surface area contributed by atoms with Gasteiger partial charge in [0.05, 0.1) is 5.92 Å². The van der Waals surface area contributed by atoms with E-state index in [9.17, 15) is 28.8 Å². The first-order chi connectivity index (χ1) is 37.2. The van der Waals surface area contributed by atoms with Crippen LogP contribution < -0.4 is 0 Å². The van der Waals surface area contributed by atoms with E-state index >= 15 is 0 Å². The molecule has 442 valence electrons. The molecule has 0 aromatic heterocycles. The van der Waals surface area contributed by atoms with Gasteiger partial charge in [0.1, 0.15) is 19.3 Å². The van der Waals surface area contributed by atoms with E-state index in [4.69, 9.17) is 28.4 Å². The molecule has 0 aliphatic heterocycles. The highest BCUT2D eigenvalue weighted by Crippen LogP contribution is 2.65. The molecule has 8 atom stereocenters. The summed E-state index contributed by atoms with van der Waals surface area (Å²) in [7, 11) is 0. The molecule has 0 spiro atoms. The summed E-state index contributed by atoms with van der Waals surface area (Å²) in [6.07, 6.45) is 40.5. The number of unbranched alkanes of at least 4 members (excludes halogenated alkanes) is 24. The minimum atomic E-state index is -0.925. The van der Waals surface area contributed by atoms with Crippen LogP contribution in [0.4, 0.5) is 4.79 Å². The monoisotopic (exact) mass is 1080 g/mol. The van der Waals surface area contributed by atoms with E-state index in [0.29, 0.717) is 37.0 Å².